The SMILES string of the molecule is C=Nc1c(NCc2[nH]nc3ccc(-c4cncc(CNCC5CCCC5)c4)nc23)ccnc1-c1cccs1. The van der Waals surface area contributed by atoms with Crippen LogP contribution < -0.4 is 10.6 Å². The molecular weight excluding hydrogens is 492 g/mol. The number of hydrogen-bond donors (Lipinski definition) is 3. The predicted octanol–water partition coefficient (Wildman–Crippen LogP) is 6.37. The zero-order valence-electron chi connectivity index (χ0n) is 21.2. The van der Waals surface area contributed by atoms with Crippen molar-refractivity contribution in [3.8, 4) is 21.8 Å². The average molecular weight is 523 g/mol. The molecule has 0 unspecified atom stereocenters. The fraction of sp³-hybridized carbons (Fsp3) is 0.276. The summed E-state index contributed by atoms with van der Waals surface area (Å²) in [5, 5.41) is 16.7. The second kappa shape index (κ2) is 11.2. The van der Waals surface area contributed by atoms with Crippen molar-refractivity contribution < 1.29 is 0 Å². The number of rotatable bonds is 10. The van der Waals surface area contributed by atoms with E-state index in [-0.39, 0.29) is 0 Å². The Bertz CT molecular complexity index is 1540. The molecule has 3 N–H and O–H groups in total. The highest BCUT2D eigenvalue weighted by Crippen LogP contribution is 2.37. The van der Waals surface area contributed by atoms with E-state index in [1.165, 1.54) is 31.2 Å². The summed E-state index contributed by atoms with van der Waals surface area (Å²) in [7, 11) is 0. The molecule has 0 aromatic carbocycles. The first-order valence-corrected chi connectivity index (χ1v) is 13.9. The van der Waals surface area contributed by atoms with E-state index >= 15 is 0 Å². The molecule has 5 heterocycles. The van der Waals surface area contributed by atoms with Gasteiger partial charge in [-0.05, 0) is 73.3 Å². The summed E-state index contributed by atoms with van der Waals surface area (Å²) >= 11 is 1.63. The third-order valence-corrected chi connectivity index (χ3v) is 7.97. The van der Waals surface area contributed by atoms with Crippen LogP contribution in [0.1, 0.15) is 36.9 Å². The van der Waals surface area contributed by atoms with Crippen LogP contribution in [0.5, 0.6) is 0 Å². The van der Waals surface area contributed by atoms with Gasteiger partial charge in [0.15, 0.2) is 0 Å². The highest BCUT2D eigenvalue weighted by molar-refractivity contribution is 7.13. The van der Waals surface area contributed by atoms with Crippen LogP contribution in [-0.4, -0.2) is 38.4 Å². The van der Waals surface area contributed by atoms with Crippen LogP contribution in [0.25, 0.3) is 32.9 Å². The predicted molar refractivity (Wildman–Crippen MR) is 155 cm³/mol. The number of aromatic amines is 1. The first-order chi connectivity index (χ1) is 18.8. The van der Waals surface area contributed by atoms with Crippen molar-refractivity contribution in [2.45, 2.75) is 38.8 Å². The standard InChI is InChI=1S/C29H30N8S/c1-30-28-23(10-11-33-29(28)26-7-4-12-38-26)34-18-25-27-24(36-37-25)9-8-22(35-27)21-13-20(16-32-17-21)15-31-14-19-5-2-3-6-19/h4,7-13,16-17,19,31H,1-3,5-6,14-15,18H2,(H,33,34)(H,36,37). The van der Waals surface area contributed by atoms with E-state index in [9.17, 15) is 0 Å². The van der Waals surface area contributed by atoms with Gasteiger partial charge in [-0.2, -0.15) is 5.10 Å². The molecule has 0 atom stereocenters. The molecule has 6 rings (SSSR count). The van der Waals surface area contributed by atoms with Crippen molar-refractivity contribution >= 4 is 40.5 Å². The van der Waals surface area contributed by atoms with Gasteiger partial charge in [-0.1, -0.05) is 18.9 Å². The summed E-state index contributed by atoms with van der Waals surface area (Å²) in [6.45, 7) is 6.18. The molecule has 9 heteroatoms. The molecule has 1 saturated carbocycles. The van der Waals surface area contributed by atoms with Crippen molar-refractivity contribution in [2.24, 2.45) is 10.9 Å². The molecule has 0 bridgehead atoms. The van der Waals surface area contributed by atoms with Crippen molar-refractivity contribution in [3.05, 3.63) is 71.6 Å². The summed E-state index contributed by atoms with van der Waals surface area (Å²) in [6, 6.07) is 12.1. The van der Waals surface area contributed by atoms with Crippen molar-refractivity contribution in [2.75, 3.05) is 11.9 Å². The topological polar surface area (TPSA) is 104 Å². The zero-order valence-corrected chi connectivity index (χ0v) is 22.0. The molecule has 0 saturated heterocycles. The first kappa shape index (κ1) is 24.4. The fourth-order valence-electron chi connectivity index (χ4n) is 5.12. The lowest BCUT2D eigenvalue weighted by atomic mass is 10.1. The molecule has 192 valence electrons. The Morgan fingerprint density at radius 2 is 2.03 bits per heavy atom. The third-order valence-electron chi connectivity index (χ3n) is 7.09. The summed E-state index contributed by atoms with van der Waals surface area (Å²) in [6.07, 6.45) is 11.0. The lowest BCUT2D eigenvalue weighted by Gasteiger charge is -2.11. The summed E-state index contributed by atoms with van der Waals surface area (Å²) < 4.78 is 0. The number of fused-ring (bicyclic) bond motifs is 1. The Morgan fingerprint density at radius 1 is 1.11 bits per heavy atom. The normalized spacial score (nSPS) is 13.8. The summed E-state index contributed by atoms with van der Waals surface area (Å²) in [5.41, 5.74) is 8.01. The van der Waals surface area contributed by atoms with Crippen LogP contribution in [0.15, 0.2) is 65.4 Å². The quantitative estimate of drug-likeness (QED) is 0.184. The first-order valence-electron chi connectivity index (χ1n) is 13.0. The molecule has 38 heavy (non-hydrogen) atoms. The lowest BCUT2D eigenvalue weighted by molar-refractivity contribution is 0.489. The maximum Gasteiger partial charge on any atom is 0.114 e. The third kappa shape index (κ3) is 5.20. The van der Waals surface area contributed by atoms with E-state index in [2.05, 4.69) is 48.6 Å². The second-order valence-corrected chi connectivity index (χ2v) is 10.6. The van der Waals surface area contributed by atoms with Gasteiger partial charge in [-0.15, -0.1) is 11.3 Å². The van der Waals surface area contributed by atoms with Crippen molar-refractivity contribution in [1.82, 2.24) is 30.5 Å². The van der Waals surface area contributed by atoms with Gasteiger partial charge in [-0.25, -0.2) is 4.98 Å². The summed E-state index contributed by atoms with van der Waals surface area (Å²) in [5.74, 6) is 0.816. The van der Waals surface area contributed by atoms with Crippen molar-refractivity contribution in [1.29, 1.82) is 0 Å². The fourth-order valence-corrected chi connectivity index (χ4v) is 5.84. The molecule has 5 aromatic rings. The van der Waals surface area contributed by atoms with Gasteiger partial charge in [0.1, 0.15) is 22.4 Å². The number of aliphatic imine (C=N–C) groups is 1. The molecule has 0 aliphatic heterocycles. The minimum Gasteiger partial charge on any atom is -0.377 e. The Hall–Kier alpha value is -3.95. The molecule has 0 spiro atoms. The van der Waals surface area contributed by atoms with E-state index in [1.54, 1.807) is 17.5 Å². The molecule has 5 aromatic heterocycles. The number of nitrogens with one attached hydrogen (secondary N) is 3. The Labute approximate surface area is 225 Å². The average Bonchev–Trinajstić information content (AvgIpc) is 3.74. The molecule has 0 amide bonds. The van der Waals surface area contributed by atoms with Crippen LogP contribution >= 0.6 is 11.3 Å². The molecule has 8 nitrogen and oxygen atoms in total. The maximum atomic E-state index is 4.96. The number of anilines is 1. The van der Waals surface area contributed by atoms with Crippen LogP contribution in [0.4, 0.5) is 11.4 Å². The van der Waals surface area contributed by atoms with Gasteiger partial charge >= 0.3 is 0 Å². The van der Waals surface area contributed by atoms with E-state index in [0.29, 0.717) is 6.54 Å². The van der Waals surface area contributed by atoms with Crippen LogP contribution in [-0.2, 0) is 13.1 Å². The van der Waals surface area contributed by atoms with E-state index in [4.69, 9.17) is 4.98 Å². The lowest BCUT2D eigenvalue weighted by Crippen LogP contribution is -2.20. The number of aromatic nitrogens is 5. The van der Waals surface area contributed by atoms with E-state index in [0.717, 1.165) is 68.9 Å². The van der Waals surface area contributed by atoms with Gasteiger partial charge in [0, 0.05) is 30.7 Å². The zero-order chi connectivity index (χ0) is 25.7. The highest BCUT2D eigenvalue weighted by atomic mass is 32.1. The smallest absolute Gasteiger partial charge is 0.114 e. The molecule has 0 radical (unpaired) electrons. The van der Waals surface area contributed by atoms with Gasteiger partial charge in [0.05, 0.1) is 28.5 Å². The van der Waals surface area contributed by atoms with E-state index < -0.39 is 0 Å². The largest absolute Gasteiger partial charge is 0.377 e. The number of H-pyrrole nitrogens is 1. The van der Waals surface area contributed by atoms with Crippen LogP contribution in [0, 0.1) is 5.92 Å². The number of thiophene rings is 1. The van der Waals surface area contributed by atoms with Gasteiger partial charge in [0.25, 0.3) is 0 Å². The van der Waals surface area contributed by atoms with Gasteiger partial charge < -0.3 is 10.6 Å². The number of nitrogens with zero attached hydrogens (tertiary/aromatic N) is 5. The van der Waals surface area contributed by atoms with Crippen LogP contribution in [0.2, 0.25) is 0 Å². The minimum absolute atomic E-state index is 0.507. The maximum absolute atomic E-state index is 4.96. The monoisotopic (exact) mass is 522 g/mol. The van der Waals surface area contributed by atoms with Gasteiger partial charge in [-0.3, -0.25) is 20.1 Å². The minimum atomic E-state index is 0.507. The molecular formula is C29H30N8S. The Kier molecular flexibility index (Phi) is 7.19. The van der Waals surface area contributed by atoms with Crippen molar-refractivity contribution in [3.63, 3.8) is 0 Å². The Balaban J connectivity index is 1.19. The highest BCUT2D eigenvalue weighted by Gasteiger charge is 2.15. The van der Waals surface area contributed by atoms with E-state index in [1.807, 2.05) is 48.1 Å². The Morgan fingerprint density at radius 3 is 2.87 bits per heavy atom. The number of hydrogen-bond acceptors (Lipinski definition) is 8. The molecule has 1 fully saturated rings. The number of pyridine rings is 3. The second-order valence-electron chi connectivity index (χ2n) is 9.67. The van der Waals surface area contributed by atoms with Gasteiger partial charge in [0.2, 0.25) is 0 Å². The molecule has 1 aliphatic rings. The van der Waals surface area contributed by atoms with Crippen LogP contribution in [0.3, 0.4) is 0 Å². The molecule has 1 aliphatic carbocycles. The summed E-state index contributed by atoms with van der Waals surface area (Å²) in [4.78, 5) is 19.3.